The maximum absolute atomic E-state index is 6.04. The molecular weight excluding hydrogens is 316 g/mol. The summed E-state index contributed by atoms with van der Waals surface area (Å²) in [7, 11) is 1.51. The average molecular weight is 340 g/mol. The number of pyridine rings is 1. The molecule has 2 aromatic rings. The SMILES string of the molecule is C/C=C/COc1cc(C)c(OCc2cnccc2C=NOC)c(C)c1. The summed E-state index contributed by atoms with van der Waals surface area (Å²) in [4.78, 5) is 8.90. The molecule has 0 saturated heterocycles. The molecule has 0 radical (unpaired) electrons. The Morgan fingerprint density at radius 2 is 1.92 bits per heavy atom. The van der Waals surface area contributed by atoms with Gasteiger partial charge in [-0.05, 0) is 50.1 Å². The largest absolute Gasteiger partial charge is 0.490 e. The van der Waals surface area contributed by atoms with Gasteiger partial charge in [-0.1, -0.05) is 17.3 Å². The Balaban J connectivity index is 2.12. The molecule has 1 aromatic heterocycles. The van der Waals surface area contributed by atoms with Crippen LogP contribution in [0.1, 0.15) is 29.2 Å². The Hall–Kier alpha value is -2.82. The topological polar surface area (TPSA) is 52.9 Å². The number of ether oxygens (including phenoxy) is 2. The van der Waals surface area contributed by atoms with Crippen molar-refractivity contribution in [1.82, 2.24) is 4.98 Å². The third kappa shape index (κ3) is 5.35. The van der Waals surface area contributed by atoms with Crippen LogP contribution in [0.15, 0.2) is 47.9 Å². The number of aromatic nitrogens is 1. The van der Waals surface area contributed by atoms with E-state index >= 15 is 0 Å². The fraction of sp³-hybridized carbons (Fsp3) is 0.300. The summed E-state index contributed by atoms with van der Waals surface area (Å²) in [5.74, 6) is 1.70. The van der Waals surface area contributed by atoms with Crippen LogP contribution in [0, 0.1) is 13.8 Å². The van der Waals surface area contributed by atoms with Crippen molar-refractivity contribution in [1.29, 1.82) is 0 Å². The van der Waals surface area contributed by atoms with Gasteiger partial charge in [0.2, 0.25) is 0 Å². The van der Waals surface area contributed by atoms with Gasteiger partial charge >= 0.3 is 0 Å². The van der Waals surface area contributed by atoms with Crippen molar-refractivity contribution in [3.63, 3.8) is 0 Å². The molecule has 25 heavy (non-hydrogen) atoms. The van der Waals surface area contributed by atoms with Crippen molar-refractivity contribution in [2.45, 2.75) is 27.4 Å². The summed E-state index contributed by atoms with van der Waals surface area (Å²) in [6.07, 6.45) is 9.08. The molecule has 0 spiro atoms. The zero-order chi connectivity index (χ0) is 18.1. The van der Waals surface area contributed by atoms with Crippen molar-refractivity contribution in [2.75, 3.05) is 13.7 Å². The van der Waals surface area contributed by atoms with Gasteiger partial charge in [-0.25, -0.2) is 0 Å². The van der Waals surface area contributed by atoms with Gasteiger partial charge in [0, 0.05) is 23.5 Å². The van der Waals surface area contributed by atoms with Gasteiger partial charge < -0.3 is 14.3 Å². The highest BCUT2D eigenvalue weighted by Crippen LogP contribution is 2.29. The van der Waals surface area contributed by atoms with E-state index in [1.54, 1.807) is 18.6 Å². The first-order chi connectivity index (χ1) is 12.2. The third-order valence-corrected chi connectivity index (χ3v) is 3.63. The molecule has 0 bridgehead atoms. The summed E-state index contributed by atoms with van der Waals surface area (Å²) in [5.41, 5.74) is 3.92. The minimum absolute atomic E-state index is 0.402. The van der Waals surface area contributed by atoms with Crippen molar-refractivity contribution in [3.05, 3.63) is 65.0 Å². The lowest BCUT2D eigenvalue weighted by atomic mass is 10.1. The van der Waals surface area contributed by atoms with E-state index in [2.05, 4.69) is 10.1 Å². The fourth-order valence-electron chi connectivity index (χ4n) is 2.41. The Labute approximate surface area is 148 Å². The number of hydrogen-bond acceptors (Lipinski definition) is 5. The van der Waals surface area contributed by atoms with Gasteiger partial charge in [0.1, 0.15) is 31.8 Å². The van der Waals surface area contributed by atoms with E-state index in [0.29, 0.717) is 13.2 Å². The summed E-state index contributed by atoms with van der Waals surface area (Å²) in [6, 6.07) is 5.85. The van der Waals surface area contributed by atoms with Crippen molar-refractivity contribution in [2.24, 2.45) is 5.16 Å². The highest BCUT2D eigenvalue weighted by molar-refractivity contribution is 5.80. The molecule has 1 aromatic carbocycles. The van der Waals surface area contributed by atoms with Gasteiger partial charge in [0.25, 0.3) is 0 Å². The van der Waals surface area contributed by atoms with E-state index in [0.717, 1.165) is 33.8 Å². The van der Waals surface area contributed by atoms with Crippen LogP contribution in [0.5, 0.6) is 11.5 Å². The monoisotopic (exact) mass is 340 g/mol. The van der Waals surface area contributed by atoms with E-state index in [4.69, 9.17) is 14.3 Å². The normalized spacial score (nSPS) is 11.2. The van der Waals surface area contributed by atoms with Crippen LogP contribution in [0.4, 0.5) is 0 Å². The quantitative estimate of drug-likeness (QED) is 0.410. The lowest BCUT2D eigenvalue weighted by molar-refractivity contribution is 0.215. The molecule has 0 aliphatic carbocycles. The molecule has 0 fully saturated rings. The zero-order valence-electron chi connectivity index (χ0n) is 15.2. The Kier molecular flexibility index (Phi) is 7.01. The Morgan fingerprint density at radius 1 is 1.16 bits per heavy atom. The van der Waals surface area contributed by atoms with Crippen molar-refractivity contribution < 1.29 is 14.3 Å². The number of allylic oxidation sites excluding steroid dienone is 1. The molecule has 0 N–H and O–H groups in total. The number of nitrogens with zero attached hydrogens (tertiary/aromatic N) is 2. The number of rotatable bonds is 8. The second kappa shape index (κ2) is 9.47. The van der Waals surface area contributed by atoms with Crippen LogP contribution >= 0.6 is 0 Å². The zero-order valence-corrected chi connectivity index (χ0v) is 15.2. The van der Waals surface area contributed by atoms with Crippen LogP contribution in [-0.4, -0.2) is 24.9 Å². The molecular formula is C20H24N2O3. The molecule has 5 nitrogen and oxygen atoms in total. The second-order valence-corrected chi connectivity index (χ2v) is 5.55. The minimum Gasteiger partial charge on any atom is -0.490 e. The highest BCUT2D eigenvalue weighted by Gasteiger charge is 2.09. The number of benzene rings is 1. The van der Waals surface area contributed by atoms with Gasteiger partial charge in [-0.15, -0.1) is 0 Å². The molecule has 0 amide bonds. The first-order valence-corrected chi connectivity index (χ1v) is 8.13. The minimum atomic E-state index is 0.402. The standard InChI is InChI=1S/C20H24N2O3/c1-5-6-9-24-19-10-15(2)20(16(3)11-19)25-14-18-12-21-8-7-17(18)13-22-23-4/h5-8,10-13H,9,14H2,1-4H3/b6-5+,22-13?. The van der Waals surface area contributed by atoms with E-state index < -0.39 is 0 Å². The smallest absolute Gasteiger partial charge is 0.125 e. The molecule has 1 heterocycles. The molecule has 132 valence electrons. The number of aryl methyl sites for hydroxylation is 2. The van der Waals surface area contributed by atoms with Gasteiger partial charge in [0.15, 0.2) is 0 Å². The van der Waals surface area contributed by atoms with Crippen LogP contribution in [-0.2, 0) is 11.4 Å². The molecule has 0 aliphatic rings. The Bertz CT molecular complexity index is 731. The van der Waals surface area contributed by atoms with E-state index in [-0.39, 0.29) is 0 Å². The van der Waals surface area contributed by atoms with Crippen molar-refractivity contribution in [3.8, 4) is 11.5 Å². The summed E-state index contributed by atoms with van der Waals surface area (Å²) >= 11 is 0. The average Bonchev–Trinajstić information content (AvgIpc) is 2.60. The van der Waals surface area contributed by atoms with Gasteiger partial charge in [-0.2, -0.15) is 0 Å². The Morgan fingerprint density at radius 3 is 2.60 bits per heavy atom. The summed E-state index contributed by atoms with van der Waals surface area (Å²) in [5, 5.41) is 3.81. The van der Waals surface area contributed by atoms with E-state index in [1.165, 1.54) is 7.11 Å². The van der Waals surface area contributed by atoms with Crippen LogP contribution in [0.3, 0.4) is 0 Å². The second-order valence-electron chi connectivity index (χ2n) is 5.55. The number of oxime groups is 1. The third-order valence-electron chi connectivity index (χ3n) is 3.63. The first kappa shape index (κ1) is 18.5. The predicted molar refractivity (Wildman–Crippen MR) is 99.4 cm³/mol. The predicted octanol–water partition coefficient (Wildman–Crippen LogP) is 4.21. The molecule has 0 atom stereocenters. The highest BCUT2D eigenvalue weighted by atomic mass is 16.6. The van der Waals surface area contributed by atoms with Gasteiger partial charge in [0.05, 0.1) is 6.21 Å². The van der Waals surface area contributed by atoms with Crippen molar-refractivity contribution >= 4 is 6.21 Å². The lowest BCUT2D eigenvalue weighted by Gasteiger charge is -2.15. The van der Waals surface area contributed by atoms with Crippen LogP contribution in [0.25, 0.3) is 0 Å². The van der Waals surface area contributed by atoms with Gasteiger partial charge in [-0.3, -0.25) is 4.98 Å². The molecule has 0 unspecified atom stereocenters. The molecule has 0 saturated carbocycles. The maximum atomic E-state index is 6.04. The first-order valence-electron chi connectivity index (χ1n) is 8.13. The van der Waals surface area contributed by atoms with E-state index in [9.17, 15) is 0 Å². The lowest BCUT2D eigenvalue weighted by Crippen LogP contribution is -2.03. The summed E-state index contributed by atoms with van der Waals surface area (Å²) < 4.78 is 11.7. The van der Waals surface area contributed by atoms with Crippen LogP contribution in [0.2, 0.25) is 0 Å². The molecule has 2 rings (SSSR count). The maximum Gasteiger partial charge on any atom is 0.125 e. The fourth-order valence-corrected chi connectivity index (χ4v) is 2.41. The number of hydrogen-bond donors (Lipinski definition) is 0. The van der Waals surface area contributed by atoms with E-state index in [1.807, 2.05) is 51.1 Å². The molecule has 0 aliphatic heterocycles. The summed E-state index contributed by atoms with van der Waals surface area (Å²) in [6.45, 7) is 6.97. The van der Waals surface area contributed by atoms with Crippen LogP contribution < -0.4 is 9.47 Å². The molecule has 5 heteroatoms.